The van der Waals surface area contributed by atoms with Gasteiger partial charge in [-0.25, -0.2) is 28.9 Å². The molecule has 0 bridgehead atoms. The van der Waals surface area contributed by atoms with E-state index in [2.05, 4.69) is 16.0 Å². The van der Waals surface area contributed by atoms with Gasteiger partial charge in [-0.05, 0) is 0 Å². The van der Waals surface area contributed by atoms with Crippen molar-refractivity contribution in [1.82, 2.24) is 30.7 Å². The average Bonchev–Trinajstić information content (AvgIpc) is 2.89. The summed E-state index contributed by atoms with van der Waals surface area (Å²) in [5.41, 5.74) is 0. The first-order valence-corrected chi connectivity index (χ1v) is 12.2. The zero-order valence-electron chi connectivity index (χ0n) is 21.3. The number of aliphatic hydroxyl groups excluding tert-OH is 3. The van der Waals surface area contributed by atoms with Crippen molar-refractivity contribution >= 4 is 30.3 Å². The summed E-state index contributed by atoms with van der Waals surface area (Å²) in [7, 11) is 0. The molecule has 0 atom stereocenters. The van der Waals surface area contributed by atoms with Gasteiger partial charge in [0.2, 0.25) is 0 Å². The third-order valence-electron chi connectivity index (χ3n) is 4.86. The number of carbonyl (C=O) groups is 5. The van der Waals surface area contributed by atoms with Crippen molar-refractivity contribution in [2.45, 2.75) is 19.3 Å². The average molecular weight is 551 g/mol. The molecule has 0 aromatic rings. The van der Waals surface area contributed by atoms with Crippen molar-refractivity contribution < 1.29 is 53.5 Å². The van der Waals surface area contributed by atoms with Gasteiger partial charge in [-0.15, -0.1) is 0 Å². The van der Waals surface area contributed by atoms with E-state index in [0.29, 0.717) is 0 Å². The first kappa shape index (κ1) is 32.5. The lowest BCUT2D eigenvalue weighted by Crippen LogP contribution is -2.63. The van der Waals surface area contributed by atoms with Crippen molar-refractivity contribution in [3.63, 3.8) is 0 Å². The highest BCUT2D eigenvalue weighted by molar-refractivity contribution is 5.95. The Kier molecular flexibility index (Phi) is 16.7. The fourth-order valence-corrected chi connectivity index (χ4v) is 2.97. The molecule has 1 aliphatic heterocycles. The summed E-state index contributed by atoms with van der Waals surface area (Å²) < 4.78 is 14.6. The normalized spacial score (nSPS) is 13.3. The summed E-state index contributed by atoms with van der Waals surface area (Å²) in [6.45, 7) is -0.603. The maximum absolute atomic E-state index is 12.9. The van der Waals surface area contributed by atoms with Crippen molar-refractivity contribution in [2.24, 2.45) is 0 Å². The maximum Gasteiger partial charge on any atom is 0.407 e. The van der Waals surface area contributed by atoms with E-state index in [0.717, 1.165) is 4.90 Å². The van der Waals surface area contributed by atoms with E-state index in [-0.39, 0.29) is 105 Å². The van der Waals surface area contributed by atoms with Crippen LogP contribution in [-0.2, 0) is 14.2 Å². The Balaban J connectivity index is 2.67. The van der Waals surface area contributed by atoms with Crippen LogP contribution in [0.15, 0.2) is 0 Å². The third-order valence-corrected chi connectivity index (χ3v) is 4.86. The van der Waals surface area contributed by atoms with Crippen LogP contribution in [0, 0.1) is 0 Å². The molecule has 0 aliphatic carbocycles. The molecule has 1 rings (SSSR count). The number of hydrogen-bond acceptors (Lipinski definition) is 11. The molecule has 1 heterocycles. The predicted molar refractivity (Wildman–Crippen MR) is 129 cm³/mol. The molecule has 0 radical (unpaired) electrons. The number of alkyl carbamates (subject to hydrolysis) is 3. The molecule has 0 aromatic carbocycles. The van der Waals surface area contributed by atoms with E-state index in [1.165, 1.54) is 9.80 Å². The molecule has 0 saturated carbocycles. The van der Waals surface area contributed by atoms with Crippen molar-refractivity contribution in [2.75, 3.05) is 85.6 Å². The molecule has 17 nitrogen and oxygen atoms in total. The highest BCUT2D eigenvalue weighted by Crippen LogP contribution is 2.12. The lowest BCUT2D eigenvalue weighted by molar-refractivity contribution is 0.0765. The van der Waals surface area contributed by atoms with E-state index >= 15 is 0 Å². The molecule has 0 unspecified atom stereocenters. The maximum atomic E-state index is 12.9. The van der Waals surface area contributed by atoms with E-state index in [9.17, 15) is 24.0 Å². The van der Waals surface area contributed by atoms with E-state index in [1.807, 2.05) is 0 Å². The molecule has 1 saturated heterocycles. The number of nitrogens with zero attached hydrogens (tertiary/aromatic N) is 3. The summed E-state index contributed by atoms with van der Waals surface area (Å²) in [5, 5.41) is 33.6. The van der Waals surface area contributed by atoms with E-state index < -0.39 is 30.3 Å². The summed E-state index contributed by atoms with van der Waals surface area (Å²) in [5.74, 6) is 0. The second-order valence-corrected chi connectivity index (χ2v) is 7.80. The van der Waals surface area contributed by atoms with Crippen LogP contribution in [-0.4, -0.2) is 146 Å². The Bertz CT molecular complexity index is 711. The fraction of sp³-hybridized carbons (Fsp3) is 0.762. The molecule has 38 heavy (non-hydrogen) atoms. The van der Waals surface area contributed by atoms with Gasteiger partial charge in [0.15, 0.2) is 0 Å². The van der Waals surface area contributed by atoms with Gasteiger partial charge in [0, 0.05) is 78.4 Å². The number of carbonyl (C=O) groups excluding carboxylic acids is 5. The number of urea groups is 2. The number of rotatable bonds is 18. The molecule has 1 aliphatic rings. The molecular formula is C21H38N6O11. The van der Waals surface area contributed by atoms with Crippen molar-refractivity contribution in [3.05, 3.63) is 0 Å². The van der Waals surface area contributed by atoms with Crippen molar-refractivity contribution in [3.8, 4) is 0 Å². The zero-order chi connectivity index (χ0) is 28.2. The summed E-state index contributed by atoms with van der Waals surface area (Å²) in [6.07, 6.45) is -1.36. The summed E-state index contributed by atoms with van der Waals surface area (Å²) >= 11 is 0. The summed E-state index contributed by atoms with van der Waals surface area (Å²) in [4.78, 5) is 64.5. The zero-order valence-corrected chi connectivity index (χ0v) is 21.3. The van der Waals surface area contributed by atoms with Crippen LogP contribution in [0.25, 0.3) is 0 Å². The highest BCUT2D eigenvalue weighted by atomic mass is 16.6. The Morgan fingerprint density at radius 3 is 1.32 bits per heavy atom. The number of hydrogen-bond donors (Lipinski definition) is 6. The van der Waals surface area contributed by atoms with E-state index in [1.54, 1.807) is 0 Å². The van der Waals surface area contributed by atoms with Gasteiger partial charge in [-0.1, -0.05) is 0 Å². The monoisotopic (exact) mass is 550 g/mol. The molecule has 1 fully saturated rings. The lowest BCUT2D eigenvalue weighted by atomic mass is 10.4. The van der Waals surface area contributed by atoms with Gasteiger partial charge in [0.05, 0.1) is 26.5 Å². The predicted octanol–water partition coefficient (Wildman–Crippen LogP) is -1.57. The molecular weight excluding hydrogens is 512 g/mol. The van der Waals surface area contributed by atoms with E-state index in [4.69, 9.17) is 29.5 Å². The summed E-state index contributed by atoms with van der Waals surface area (Å²) in [6, 6.07) is -1.29. The van der Waals surface area contributed by atoms with Crippen LogP contribution in [0.3, 0.4) is 0 Å². The van der Waals surface area contributed by atoms with Crippen molar-refractivity contribution in [1.29, 1.82) is 0 Å². The second kappa shape index (κ2) is 19.5. The molecule has 218 valence electrons. The largest absolute Gasteiger partial charge is 0.449 e. The van der Waals surface area contributed by atoms with Gasteiger partial charge in [-0.2, -0.15) is 0 Å². The first-order valence-electron chi connectivity index (χ1n) is 12.2. The first-order chi connectivity index (χ1) is 18.3. The van der Waals surface area contributed by atoms with Crippen LogP contribution in [0.2, 0.25) is 0 Å². The molecule has 0 spiro atoms. The van der Waals surface area contributed by atoms with Gasteiger partial charge < -0.3 is 55.3 Å². The number of aliphatic hydroxyl groups is 3. The standard InChI is InChI=1S/C21H38N6O11/c28-10-1-13-36-17(31)22-4-7-25-16-26(8-5-23-18(32)37-14-2-11-29)21(35)27(20(25)34)9-6-24-19(33)38-15-3-12-30/h28-30H,1-16H2,(H,22,31)(H,23,32)(H,24,33). The third kappa shape index (κ3) is 13.1. The van der Waals surface area contributed by atoms with Crippen LogP contribution < -0.4 is 16.0 Å². The number of ether oxygens (including phenoxy) is 3. The Morgan fingerprint density at radius 2 is 0.974 bits per heavy atom. The van der Waals surface area contributed by atoms with Crippen LogP contribution in [0.5, 0.6) is 0 Å². The molecule has 0 aromatic heterocycles. The van der Waals surface area contributed by atoms with Crippen LogP contribution in [0.1, 0.15) is 19.3 Å². The molecule has 17 heteroatoms. The lowest BCUT2D eigenvalue weighted by Gasteiger charge is -2.41. The van der Waals surface area contributed by atoms with Gasteiger partial charge in [0.25, 0.3) is 0 Å². The Morgan fingerprint density at radius 1 is 0.632 bits per heavy atom. The minimum atomic E-state index is -0.767. The minimum absolute atomic E-state index is 0.0103. The molecule has 7 amide bonds. The number of nitrogens with one attached hydrogen (secondary N) is 3. The fourth-order valence-electron chi connectivity index (χ4n) is 2.97. The SMILES string of the molecule is O=C(NCCN1CN(CCNC(=O)OCCCO)C(=O)N(CCNC(=O)OCCCO)C1=O)OCCCO. The van der Waals surface area contributed by atoms with Gasteiger partial charge in [-0.3, -0.25) is 0 Å². The van der Waals surface area contributed by atoms with Gasteiger partial charge >= 0.3 is 30.3 Å². The second-order valence-electron chi connectivity index (χ2n) is 7.80. The minimum Gasteiger partial charge on any atom is -0.449 e. The smallest absolute Gasteiger partial charge is 0.407 e. The molecule has 6 N–H and O–H groups in total. The number of imide groups is 1. The van der Waals surface area contributed by atoms with Gasteiger partial charge in [0.1, 0.15) is 0 Å². The quantitative estimate of drug-likeness (QED) is 0.0845. The Hall–Kier alpha value is -3.57. The van der Waals surface area contributed by atoms with Crippen LogP contribution in [0.4, 0.5) is 24.0 Å². The topological polar surface area (TPSA) is 220 Å². The highest BCUT2D eigenvalue weighted by Gasteiger charge is 2.36. The number of amides is 7. The Labute approximate surface area is 219 Å². The van der Waals surface area contributed by atoms with Crippen LogP contribution >= 0.6 is 0 Å².